The van der Waals surface area contributed by atoms with Crippen LogP contribution < -0.4 is 34.9 Å². The normalized spacial score (nSPS) is 10.3. The second kappa shape index (κ2) is 14.2. The van der Waals surface area contributed by atoms with Crippen molar-refractivity contribution in [3.05, 3.63) is 75.8 Å². The van der Waals surface area contributed by atoms with Crippen LogP contribution in [-0.4, -0.2) is 43.8 Å². The van der Waals surface area contributed by atoms with Gasteiger partial charge in [-0.2, -0.15) is 0 Å². The number of carbonyl (C=O) groups excluding carboxylic acids is 2. The van der Waals surface area contributed by atoms with E-state index in [1.54, 1.807) is 57.2 Å². The molecule has 0 fully saturated rings. The zero-order valence-corrected chi connectivity index (χ0v) is 22.7. The lowest BCUT2D eigenvalue weighted by Crippen LogP contribution is -2.28. The summed E-state index contributed by atoms with van der Waals surface area (Å²) >= 11 is 0. The molecule has 0 saturated heterocycles. The minimum Gasteiger partial charge on any atom is -0.497 e. The lowest BCUT2D eigenvalue weighted by molar-refractivity contribution is -0.385. The fourth-order valence-corrected chi connectivity index (χ4v) is 3.75. The average Bonchev–Trinajstić information content (AvgIpc) is 2.94. The number of hydrogen-bond donors (Lipinski definition) is 3. The Bertz CT molecular complexity index is 1360. The lowest BCUT2D eigenvalue weighted by atomic mass is 10.1. The first-order chi connectivity index (χ1) is 19.3. The fraction of sp³-hybridized carbons (Fsp3) is 0.286. The number of rotatable bonds is 13. The third kappa shape index (κ3) is 7.76. The first-order valence-corrected chi connectivity index (χ1v) is 12.6. The predicted octanol–water partition coefficient (Wildman–Crippen LogP) is 5.37. The van der Waals surface area contributed by atoms with E-state index in [0.29, 0.717) is 35.0 Å². The minimum absolute atomic E-state index is 0.000548. The van der Waals surface area contributed by atoms with Gasteiger partial charge in [0.2, 0.25) is 0 Å². The van der Waals surface area contributed by atoms with Crippen LogP contribution in [-0.2, 0) is 6.54 Å². The van der Waals surface area contributed by atoms with Crippen molar-refractivity contribution in [2.45, 2.75) is 27.3 Å². The molecule has 0 spiro atoms. The smallest absolute Gasteiger partial charge is 0.319 e. The van der Waals surface area contributed by atoms with Crippen LogP contribution in [0.1, 0.15) is 36.7 Å². The molecule has 0 aliphatic heterocycles. The minimum atomic E-state index is -0.568. The summed E-state index contributed by atoms with van der Waals surface area (Å²) in [6.07, 6.45) is 0. The molecule has 3 rings (SSSR count). The van der Waals surface area contributed by atoms with Crippen molar-refractivity contribution in [3.8, 4) is 23.0 Å². The van der Waals surface area contributed by atoms with Crippen molar-refractivity contribution in [2.24, 2.45) is 0 Å². The van der Waals surface area contributed by atoms with E-state index in [0.717, 1.165) is 0 Å². The molecule has 3 aromatic rings. The molecule has 3 aromatic carbocycles. The Morgan fingerprint density at radius 1 is 0.825 bits per heavy atom. The number of benzene rings is 3. The van der Waals surface area contributed by atoms with Gasteiger partial charge < -0.3 is 34.9 Å². The van der Waals surface area contributed by atoms with Crippen LogP contribution in [0.25, 0.3) is 0 Å². The van der Waals surface area contributed by atoms with E-state index >= 15 is 0 Å². The highest BCUT2D eigenvalue weighted by atomic mass is 16.6. The Morgan fingerprint density at radius 3 is 2.17 bits per heavy atom. The van der Waals surface area contributed by atoms with Gasteiger partial charge in [-0.1, -0.05) is 6.07 Å². The second-order valence-corrected chi connectivity index (χ2v) is 8.19. The van der Waals surface area contributed by atoms with Crippen molar-refractivity contribution in [2.75, 3.05) is 37.6 Å². The van der Waals surface area contributed by atoms with Gasteiger partial charge in [-0.25, -0.2) is 4.79 Å². The average molecular weight is 553 g/mol. The number of methoxy groups -OCH3 is 1. The molecule has 0 saturated carbocycles. The van der Waals surface area contributed by atoms with Crippen LogP contribution in [0.3, 0.4) is 0 Å². The van der Waals surface area contributed by atoms with Gasteiger partial charge in [0.1, 0.15) is 17.2 Å². The lowest BCUT2D eigenvalue weighted by Gasteiger charge is -2.15. The Hall–Kier alpha value is -5.00. The maximum Gasteiger partial charge on any atom is 0.319 e. The van der Waals surface area contributed by atoms with Crippen LogP contribution in [0.5, 0.6) is 23.0 Å². The van der Waals surface area contributed by atoms with E-state index in [-0.39, 0.29) is 42.5 Å². The highest BCUT2D eigenvalue weighted by molar-refractivity contribution is 6.07. The van der Waals surface area contributed by atoms with Gasteiger partial charge in [0.05, 0.1) is 43.5 Å². The number of anilines is 2. The van der Waals surface area contributed by atoms with E-state index in [2.05, 4.69) is 16.0 Å². The van der Waals surface area contributed by atoms with Gasteiger partial charge in [0, 0.05) is 29.5 Å². The van der Waals surface area contributed by atoms with E-state index in [1.807, 2.05) is 0 Å². The van der Waals surface area contributed by atoms with Crippen molar-refractivity contribution in [3.63, 3.8) is 0 Å². The standard InChI is InChI=1S/C28H32N4O8/c1-5-38-24-12-11-20(15-22(24)27(33)30-19-9-8-10-21(14-19)37-4)31-28(34)29-17-18-13-26(40-7-3)23(32(35)36)16-25(18)39-6-2/h8-16H,5-7,17H2,1-4H3,(H,30,33)(H2,29,31,34). The number of amides is 3. The summed E-state index contributed by atoms with van der Waals surface area (Å²) in [4.78, 5) is 36.7. The summed E-state index contributed by atoms with van der Waals surface area (Å²) in [5.74, 6) is 0.840. The molecule has 40 heavy (non-hydrogen) atoms. The molecule has 3 N–H and O–H groups in total. The molecule has 12 heteroatoms. The molecule has 0 bridgehead atoms. The Labute approximate surface area is 231 Å². The predicted molar refractivity (Wildman–Crippen MR) is 150 cm³/mol. The zero-order chi connectivity index (χ0) is 29.1. The highest BCUT2D eigenvalue weighted by Gasteiger charge is 2.21. The third-order valence-electron chi connectivity index (χ3n) is 5.49. The van der Waals surface area contributed by atoms with Gasteiger partial charge in [-0.3, -0.25) is 14.9 Å². The molecule has 0 heterocycles. The SMILES string of the molecule is CCOc1cc([N+](=O)[O-])c(OCC)cc1CNC(=O)Nc1ccc(OCC)c(C(=O)Nc2cccc(OC)c2)c1. The van der Waals surface area contributed by atoms with Crippen LogP contribution in [0.2, 0.25) is 0 Å². The summed E-state index contributed by atoms with van der Waals surface area (Å²) in [6, 6.07) is 13.8. The Morgan fingerprint density at radius 2 is 1.50 bits per heavy atom. The van der Waals surface area contributed by atoms with Crippen LogP contribution >= 0.6 is 0 Å². The topological polar surface area (TPSA) is 150 Å². The molecule has 0 unspecified atom stereocenters. The maximum atomic E-state index is 13.1. The number of nitrogens with zero attached hydrogens (tertiary/aromatic N) is 1. The van der Waals surface area contributed by atoms with Gasteiger partial charge in [0.25, 0.3) is 5.91 Å². The second-order valence-electron chi connectivity index (χ2n) is 8.19. The molecule has 0 aliphatic rings. The van der Waals surface area contributed by atoms with Crippen molar-refractivity contribution in [1.82, 2.24) is 5.32 Å². The van der Waals surface area contributed by atoms with Crippen molar-refractivity contribution in [1.29, 1.82) is 0 Å². The zero-order valence-electron chi connectivity index (χ0n) is 22.7. The number of carbonyl (C=O) groups is 2. The van der Waals surface area contributed by atoms with Crippen molar-refractivity contribution < 1.29 is 33.5 Å². The first-order valence-electron chi connectivity index (χ1n) is 12.6. The molecule has 3 amide bonds. The quantitative estimate of drug-likeness (QED) is 0.189. The molecule has 0 aromatic heterocycles. The van der Waals surface area contributed by atoms with Crippen LogP contribution in [0.15, 0.2) is 54.6 Å². The van der Waals surface area contributed by atoms with Gasteiger partial charge >= 0.3 is 11.7 Å². The summed E-state index contributed by atoms with van der Waals surface area (Å²) < 4.78 is 21.8. The Balaban J connectivity index is 1.77. The van der Waals surface area contributed by atoms with Gasteiger partial charge in [-0.15, -0.1) is 0 Å². The number of ether oxygens (including phenoxy) is 4. The molecule has 0 radical (unpaired) electrons. The number of nitro benzene ring substituents is 1. The first kappa shape index (κ1) is 29.6. The number of hydrogen-bond acceptors (Lipinski definition) is 8. The van der Waals surface area contributed by atoms with E-state index < -0.39 is 16.9 Å². The van der Waals surface area contributed by atoms with E-state index in [9.17, 15) is 19.7 Å². The summed E-state index contributed by atoms with van der Waals surface area (Å²) in [5.41, 5.74) is 1.37. The molecule has 0 aliphatic carbocycles. The Kier molecular flexibility index (Phi) is 10.5. The molecule has 0 atom stereocenters. The molecular formula is C28H32N4O8. The van der Waals surface area contributed by atoms with E-state index in [4.69, 9.17) is 18.9 Å². The number of nitrogens with one attached hydrogen (secondary N) is 3. The van der Waals surface area contributed by atoms with Crippen molar-refractivity contribution >= 4 is 29.0 Å². The largest absolute Gasteiger partial charge is 0.497 e. The summed E-state index contributed by atoms with van der Waals surface area (Å²) in [5, 5.41) is 19.7. The molecule has 212 valence electrons. The third-order valence-corrected chi connectivity index (χ3v) is 5.49. The molecule has 12 nitrogen and oxygen atoms in total. The number of urea groups is 1. The van der Waals surface area contributed by atoms with Crippen LogP contribution in [0.4, 0.5) is 21.9 Å². The van der Waals surface area contributed by atoms with Gasteiger partial charge in [0.15, 0.2) is 5.75 Å². The number of nitro groups is 1. The fourth-order valence-electron chi connectivity index (χ4n) is 3.75. The molecular weight excluding hydrogens is 520 g/mol. The summed E-state index contributed by atoms with van der Waals surface area (Å²) in [7, 11) is 1.53. The highest BCUT2D eigenvalue weighted by Crippen LogP contribution is 2.35. The summed E-state index contributed by atoms with van der Waals surface area (Å²) in [6.45, 7) is 6.11. The van der Waals surface area contributed by atoms with Crippen LogP contribution in [0, 0.1) is 10.1 Å². The monoisotopic (exact) mass is 552 g/mol. The van der Waals surface area contributed by atoms with Gasteiger partial charge in [-0.05, 0) is 57.2 Å². The maximum absolute atomic E-state index is 13.1. The van der Waals surface area contributed by atoms with E-state index in [1.165, 1.54) is 25.3 Å².